The first-order chi connectivity index (χ1) is 9.24. The van der Waals surface area contributed by atoms with Gasteiger partial charge in [-0.2, -0.15) is 0 Å². The Balaban J connectivity index is 1.55. The van der Waals surface area contributed by atoms with Crippen molar-refractivity contribution in [3.05, 3.63) is 0 Å². The van der Waals surface area contributed by atoms with Crippen molar-refractivity contribution in [2.24, 2.45) is 11.8 Å². The highest BCUT2D eigenvalue weighted by molar-refractivity contribution is 5.76. The third kappa shape index (κ3) is 5.49. The molecule has 0 aromatic carbocycles. The molecule has 0 aromatic rings. The molecule has 110 valence electrons. The fraction of sp³-hybridized carbons (Fsp3) is 0.933. The summed E-state index contributed by atoms with van der Waals surface area (Å²) < 4.78 is 0. The highest BCUT2D eigenvalue weighted by Crippen LogP contribution is 2.18. The van der Waals surface area contributed by atoms with E-state index >= 15 is 0 Å². The van der Waals surface area contributed by atoms with Crippen LogP contribution in [-0.2, 0) is 4.79 Å². The second-order valence-corrected chi connectivity index (χ2v) is 6.31. The number of carbonyl (C=O) groups excluding carboxylic acids is 1. The van der Waals surface area contributed by atoms with Gasteiger partial charge in [0.2, 0.25) is 5.91 Å². The number of carbonyl (C=O) groups is 1. The Morgan fingerprint density at radius 3 is 2.79 bits per heavy atom. The molecule has 1 amide bonds. The summed E-state index contributed by atoms with van der Waals surface area (Å²) in [5, 5.41) is 6.46. The second kappa shape index (κ2) is 7.85. The van der Waals surface area contributed by atoms with Gasteiger partial charge in [-0.25, -0.2) is 0 Å². The Hall–Kier alpha value is -0.610. The molecule has 0 aliphatic carbocycles. The van der Waals surface area contributed by atoms with Gasteiger partial charge in [0.15, 0.2) is 0 Å². The van der Waals surface area contributed by atoms with E-state index in [9.17, 15) is 4.79 Å². The van der Waals surface area contributed by atoms with Gasteiger partial charge in [0.25, 0.3) is 0 Å². The Morgan fingerprint density at radius 2 is 2.05 bits per heavy atom. The van der Waals surface area contributed by atoms with Crippen molar-refractivity contribution in [1.29, 1.82) is 0 Å². The number of nitrogens with one attached hydrogen (secondary N) is 2. The smallest absolute Gasteiger partial charge is 0.220 e. The largest absolute Gasteiger partial charge is 0.356 e. The summed E-state index contributed by atoms with van der Waals surface area (Å²) in [4.78, 5) is 14.3. The van der Waals surface area contributed by atoms with Gasteiger partial charge in [-0.05, 0) is 70.6 Å². The van der Waals surface area contributed by atoms with Crippen molar-refractivity contribution in [2.75, 3.05) is 39.8 Å². The highest BCUT2D eigenvalue weighted by Gasteiger charge is 2.18. The molecule has 4 nitrogen and oxygen atoms in total. The van der Waals surface area contributed by atoms with Crippen LogP contribution in [0.5, 0.6) is 0 Å². The van der Waals surface area contributed by atoms with Crippen LogP contribution < -0.4 is 10.6 Å². The van der Waals surface area contributed by atoms with Gasteiger partial charge in [-0.1, -0.05) is 0 Å². The van der Waals surface area contributed by atoms with E-state index in [0.717, 1.165) is 51.2 Å². The van der Waals surface area contributed by atoms with Crippen LogP contribution in [0.1, 0.15) is 38.5 Å². The molecular formula is C15H29N3O. The van der Waals surface area contributed by atoms with Crippen molar-refractivity contribution < 1.29 is 4.79 Å². The molecule has 2 rings (SSSR count). The van der Waals surface area contributed by atoms with Crippen molar-refractivity contribution >= 4 is 5.91 Å². The summed E-state index contributed by atoms with van der Waals surface area (Å²) in [5.74, 6) is 1.64. The molecule has 0 bridgehead atoms. The Kier molecular flexibility index (Phi) is 6.11. The van der Waals surface area contributed by atoms with E-state index in [0.29, 0.717) is 5.92 Å². The van der Waals surface area contributed by atoms with Crippen LogP contribution in [0.25, 0.3) is 0 Å². The first-order valence-electron chi connectivity index (χ1n) is 7.90. The van der Waals surface area contributed by atoms with Crippen molar-refractivity contribution in [2.45, 2.75) is 38.5 Å². The van der Waals surface area contributed by atoms with Crippen LogP contribution in [0.15, 0.2) is 0 Å². The number of likely N-dealkylation sites (tertiary alicyclic amines) is 1. The number of amides is 1. The van der Waals surface area contributed by atoms with E-state index in [1.165, 1.54) is 25.9 Å². The van der Waals surface area contributed by atoms with Crippen LogP contribution in [0.4, 0.5) is 0 Å². The van der Waals surface area contributed by atoms with Gasteiger partial charge in [-0.15, -0.1) is 0 Å². The first kappa shape index (κ1) is 14.8. The van der Waals surface area contributed by atoms with Crippen LogP contribution >= 0.6 is 0 Å². The molecule has 2 N–H and O–H groups in total. The number of hydrogen-bond donors (Lipinski definition) is 2. The van der Waals surface area contributed by atoms with E-state index in [-0.39, 0.29) is 5.91 Å². The number of rotatable bonds is 5. The SMILES string of the molecule is CN1CCCC(CCNC(=O)CC2CCNCC2)C1. The average Bonchev–Trinajstić information content (AvgIpc) is 2.40. The number of piperidine rings is 2. The lowest BCUT2D eigenvalue weighted by atomic mass is 9.94. The van der Waals surface area contributed by atoms with Gasteiger partial charge >= 0.3 is 0 Å². The maximum absolute atomic E-state index is 11.9. The molecule has 0 spiro atoms. The number of hydrogen-bond acceptors (Lipinski definition) is 3. The zero-order valence-electron chi connectivity index (χ0n) is 12.3. The molecule has 4 heteroatoms. The molecule has 0 aromatic heterocycles. The van der Waals surface area contributed by atoms with E-state index in [1.807, 2.05) is 0 Å². The fourth-order valence-electron chi connectivity index (χ4n) is 3.34. The van der Waals surface area contributed by atoms with Gasteiger partial charge < -0.3 is 15.5 Å². The molecule has 2 aliphatic heterocycles. The van der Waals surface area contributed by atoms with Crippen LogP contribution in [0, 0.1) is 11.8 Å². The maximum atomic E-state index is 11.9. The van der Waals surface area contributed by atoms with Crippen molar-refractivity contribution in [3.63, 3.8) is 0 Å². The molecule has 0 saturated carbocycles. The molecule has 19 heavy (non-hydrogen) atoms. The van der Waals surface area contributed by atoms with Gasteiger partial charge in [-0.3, -0.25) is 4.79 Å². The molecule has 2 aliphatic rings. The fourth-order valence-corrected chi connectivity index (χ4v) is 3.34. The van der Waals surface area contributed by atoms with E-state index in [1.54, 1.807) is 0 Å². The quantitative estimate of drug-likeness (QED) is 0.787. The minimum absolute atomic E-state index is 0.260. The summed E-state index contributed by atoms with van der Waals surface area (Å²) in [6.45, 7) is 5.45. The summed E-state index contributed by atoms with van der Waals surface area (Å²) in [7, 11) is 2.20. The second-order valence-electron chi connectivity index (χ2n) is 6.31. The lowest BCUT2D eigenvalue weighted by Gasteiger charge is -2.29. The maximum Gasteiger partial charge on any atom is 0.220 e. The topological polar surface area (TPSA) is 44.4 Å². The average molecular weight is 267 g/mol. The predicted molar refractivity (Wildman–Crippen MR) is 78.1 cm³/mol. The van der Waals surface area contributed by atoms with E-state index in [4.69, 9.17) is 0 Å². The third-order valence-electron chi connectivity index (χ3n) is 4.53. The number of nitrogens with zero attached hydrogens (tertiary/aromatic N) is 1. The summed E-state index contributed by atoms with van der Waals surface area (Å²) in [6.07, 6.45) is 6.81. The van der Waals surface area contributed by atoms with Crippen LogP contribution in [-0.4, -0.2) is 50.6 Å². The normalized spacial score (nSPS) is 26.3. The van der Waals surface area contributed by atoms with Crippen LogP contribution in [0.3, 0.4) is 0 Å². The molecule has 2 saturated heterocycles. The van der Waals surface area contributed by atoms with Gasteiger partial charge in [0.05, 0.1) is 0 Å². The zero-order chi connectivity index (χ0) is 13.5. The highest BCUT2D eigenvalue weighted by atomic mass is 16.1. The lowest BCUT2D eigenvalue weighted by Crippen LogP contribution is -2.35. The minimum Gasteiger partial charge on any atom is -0.356 e. The zero-order valence-corrected chi connectivity index (χ0v) is 12.3. The molecule has 2 fully saturated rings. The molecular weight excluding hydrogens is 238 g/mol. The molecule has 0 radical (unpaired) electrons. The third-order valence-corrected chi connectivity index (χ3v) is 4.53. The minimum atomic E-state index is 0.260. The molecule has 2 heterocycles. The van der Waals surface area contributed by atoms with Gasteiger partial charge in [0, 0.05) is 19.5 Å². The standard InChI is InChI=1S/C15H29N3O/c1-18-10-2-3-14(12-18)6-9-17-15(19)11-13-4-7-16-8-5-13/h13-14,16H,2-12H2,1H3,(H,17,19). The van der Waals surface area contributed by atoms with Gasteiger partial charge in [0.1, 0.15) is 0 Å². The first-order valence-corrected chi connectivity index (χ1v) is 7.90. The summed E-state index contributed by atoms with van der Waals surface area (Å²) in [6, 6.07) is 0. The molecule has 1 atom stereocenters. The Morgan fingerprint density at radius 1 is 1.26 bits per heavy atom. The van der Waals surface area contributed by atoms with Crippen LogP contribution in [0.2, 0.25) is 0 Å². The summed E-state index contributed by atoms with van der Waals surface area (Å²) in [5.41, 5.74) is 0. The molecule has 1 unspecified atom stereocenters. The Bertz CT molecular complexity index is 277. The summed E-state index contributed by atoms with van der Waals surface area (Å²) >= 11 is 0. The van der Waals surface area contributed by atoms with E-state index < -0.39 is 0 Å². The van der Waals surface area contributed by atoms with Crippen molar-refractivity contribution in [3.8, 4) is 0 Å². The Labute approximate surface area is 117 Å². The van der Waals surface area contributed by atoms with Crippen molar-refractivity contribution in [1.82, 2.24) is 15.5 Å². The predicted octanol–water partition coefficient (Wildman–Crippen LogP) is 1.22. The van der Waals surface area contributed by atoms with E-state index in [2.05, 4.69) is 22.6 Å². The monoisotopic (exact) mass is 267 g/mol. The lowest BCUT2D eigenvalue weighted by molar-refractivity contribution is -0.122.